The highest BCUT2D eigenvalue weighted by Gasteiger charge is 2.15. The van der Waals surface area contributed by atoms with Crippen molar-refractivity contribution in [1.82, 2.24) is 20.2 Å². The zero-order valence-corrected chi connectivity index (χ0v) is 13.4. The summed E-state index contributed by atoms with van der Waals surface area (Å²) in [5.74, 6) is 1.32. The van der Waals surface area contributed by atoms with Crippen LogP contribution in [0, 0.1) is 11.7 Å². The van der Waals surface area contributed by atoms with Crippen LogP contribution in [0.15, 0.2) is 18.2 Å². The summed E-state index contributed by atoms with van der Waals surface area (Å²) in [6.07, 6.45) is 3.34. The fraction of sp³-hybridized carbons (Fsp3) is 0.529. The number of amides is 1. The highest BCUT2D eigenvalue weighted by atomic mass is 19.1. The minimum atomic E-state index is -0.262. The van der Waals surface area contributed by atoms with Crippen molar-refractivity contribution >= 4 is 16.9 Å². The lowest BCUT2D eigenvalue weighted by Crippen LogP contribution is -2.26. The van der Waals surface area contributed by atoms with Gasteiger partial charge in [0, 0.05) is 26.4 Å². The second kappa shape index (κ2) is 7.08. The Morgan fingerprint density at radius 1 is 1.52 bits per heavy atom. The van der Waals surface area contributed by atoms with Gasteiger partial charge in [-0.05, 0) is 50.0 Å². The van der Waals surface area contributed by atoms with Crippen LogP contribution in [0.5, 0.6) is 0 Å². The van der Waals surface area contributed by atoms with Gasteiger partial charge < -0.3 is 15.2 Å². The zero-order chi connectivity index (χ0) is 16.2. The Labute approximate surface area is 135 Å². The van der Waals surface area contributed by atoms with Crippen molar-refractivity contribution in [2.75, 3.05) is 19.6 Å². The van der Waals surface area contributed by atoms with E-state index in [1.165, 1.54) is 18.6 Å². The van der Waals surface area contributed by atoms with Crippen LogP contribution >= 0.6 is 0 Å². The lowest BCUT2D eigenvalue weighted by Gasteiger charge is -2.08. The van der Waals surface area contributed by atoms with Crippen LogP contribution in [0.1, 0.15) is 25.1 Å². The molecule has 0 saturated carbocycles. The lowest BCUT2D eigenvalue weighted by atomic mass is 10.0. The van der Waals surface area contributed by atoms with E-state index in [0.29, 0.717) is 25.3 Å². The average molecular weight is 318 g/mol. The first kappa shape index (κ1) is 15.9. The van der Waals surface area contributed by atoms with Gasteiger partial charge in [-0.3, -0.25) is 4.79 Å². The standard InChI is InChI=1S/C17H23FN4O/c1-22-15-10-13(18)3-4-14(15)21-16(22)7-9-20-17(23)5-2-12-6-8-19-11-12/h3-4,10,12,19H,2,5-9,11H2,1H3,(H,20,23). The van der Waals surface area contributed by atoms with Crippen molar-refractivity contribution in [1.29, 1.82) is 0 Å². The zero-order valence-electron chi connectivity index (χ0n) is 13.4. The van der Waals surface area contributed by atoms with Crippen LogP contribution in [0.2, 0.25) is 0 Å². The summed E-state index contributed by atoms with van der Waals surface area (Å²) in [6.45, 7) is 2.66. The Hall–Kier alpha value is -1.95. The third kappa shape index (κ3) is 3.88. The lowest BCUT2D eigenvalue weighted by molar-refractivity contribution is -0.121. The molecule has 1 amide bonds. The quantitative estimate of drug-likeness (QED) is 0.853. The van der Waals surface area contributed by atoms with Crippen LogP contribution in [0.25, 0.3) is 11.0 Å². The maximum absolute atomic E-state index is 13.3. The van der Waals surface area contributed by atoms with Crippen molar-refractivity contribution in [3.05, 3.63) is 29.8 Å². The number of hydrogen-bond donors (Lipinski definition) is 2. The van der Waals surface area contributed by atoms with Gasteiger partial charge in [0.15, 0.2) is 0 Å². The number of benzene rings is 1. The van der Waals surface area contributed by atoms with E-state index in [4.69, 9.17) is 0 Å². The number of imidazole rings is 1. The van der Waals surface area contributed by atoms with E-state index in [0.717, 1.165) is 36.4 Å². The highest BCUT2D eigenvalue weighted by molar-refractivity contribution is 5.76. The molecule has 1 fully saturated rings. The van der Waals surface area contributed by atoms with Crippen LogP contribution in [0.4, 0.5) is 4.39 Å². The van der Waals surface area contributed by atoms with Crippen molar-refractivity contribution in [2.24, 2.45) is 13.0 Å². The first-order chi connectivity index (χ1) is 11.1. The normalized spacial score (nSPS) is 17.7. The molecule has 1 unspecified atom stereocenters. The molecule has 1 aromatic heterocycles. The number of nitrogens with one attached hydrogen (secondary N) is 2. The van der Waals surface area contributed by atoms with E-state index in [1.54, 1.807) is 6.07 Å². The van der Waals surface area contributed by atoms with Crippen LogP contribution in [-0.2, 0) is 18.3 Å². The molecule has 124 valence electrons. The number of hydrogen-bond acceptors (Lipinski definition) is 3. The van der Waals surface area contributed by atoms with E-state index in [9.17, 15) is 9.18 Å². The summed E-state index contributed by atoms with van der Waals surface area (Å²) in [5.41, 5.74) is 1.56. The third-order valence-electron chi connectivity index (χ3n) is 4.55. The van der Waals surface area contributed by atoms with Gasteiger partial charge in [-0.2, -0.15) is 0 Å². The topological polar surface area (TPSA) is 59.0 Å². The molecule has 5 nitrogen and oxygen atoms in total. The summed E-state index contributed by atoms with van der Waals surface area (Å²) in [6, 6.07) is 4.58. The predicted octanol–water partition coefficient (Wildman–Crippen LogP) is 1.76. The third-order valence-corrected chi connectivity index (χ3v) is 4.55. The second-order valence-electron chi connectivity index (χ2n) is 6.22. The summed E-state index contributed by atoms with van der Waals surface area (Å²) in [7, 11) is 1.87. The van der Waals surface area contributed by atoms with Crippen molar-refractivity contribution in [3.8, 4) is 0 Å². The van der Waals surface area contributed by atoms with Crippen LogP contribution < -0.4 is 10.6 Å². The average Bonchev–Trinajstić information content (AvgIpc) is 3.15. The number of carbonyl (C=O) groups is 1. The molecule has 2 N–H and O–H groups in total. The Bertz CT molecular complexity index is 691. The molecule has 2 aromatic rings. The van der Waals surface area contributed by atoms with E-state index < -0.39 is 0 Å². The molecule has 6 heteroatoms. The SMILES string of the molecule is Cn1c(CCNC(=O)CCC2CCNC2)nc2ccc(F)cc21. The number of halogens is 1. The molecule has 1 aromatic carbocycles. The molecule has 0 aliphatic carbocycles. The fourth-order valence-electron chi connectivity index (χ4n) is 3.13. The van der Waals surface area contributed by atoms with Gasteiger partial charge in [0.2, 0.25) is 5.91 Å². The predicted molar refractivity (Wildman–Crippen MR) is 87.6 cm³/mol. The van der Waals surface area contributed by atoms with Crippen molar-refractivity contribution in [2.45, 2.75) is 25.7 Å². The largest absolute Gasteiger partial charge is 0.356 e. The number of aryl methyl sites for hydroxylation is 1. The molecule has 23 heavy (non-hydrogen) atoms. The van der Waals surface area contributed by atoms with Gasteiger partial charge in [0.1, 0.15) is 11.6 Å². The van der Waals surface area contributed by atoms with Crippen LogP contribution in [-0.4, -0.2) is 35.1 Å². The number of fused-ring (bicyclic) bond motifs is 1. The van der Waals surface area contributed by atoms with Gasteiger partial charge in [-0.1, -0.05) is 0 Å². The first-order valence-electron chi connectivity index (χ1n) is 8.22. The maximum Gasteiger partial charge on any atom is 0.220 e. The van der Waals surface area contributed by atoms with Gasteiger partial charge >= 0.3 is 0 Å². The van der Waals surface area contributed by atoms with E-state index in [2.05, 4.69) is 15.6 Å². The van der Waals surface area contributed by atoms with Gasteiger partial charge in [-0.15, -0.1) is 0 Å². The first-order valence-corrected chi connectivity index (χ1v) is 8.22. The summed E-state index contributed by atoms with van der Waals surface area (Å²) in [4.78, 5) is 16.4. The smallest absolute Gasteiger partial charge is 0.220 e. The maximum atomic E-state index is 13.3. The van der Waals surface area contributed by atoms with E-state index >= 15 is 0 Å². The molecule has 1 aliphatic heterocycles. The molecule has 0 spiro atoms. The second-order valence-corrected chi connectivity index (χ2v) is 6.22. The number of rotatable bonds is 6. The Balaban J connectivity index is 1.48. The Kier molecular flexibility index (Phi) is 4.91. The minimum absolute atomic E-state index is 0.0988. The van der Waals surface area contributed by atoms with E-state index in [-0.39, 0.29) is 11.7 Å². The Morgan fingerprint density at radius 3 is 3.17 bits per heavy atom. The minimum Gasteiger partial charge on any atom is -0.356 e. The molecule has 3 rings (SSSR count). The summed E-state index contributed by atoms with van der Waals surface area (Å²) >= 11 is 0. The summed E-state index contributed by atoms with van der Waals surface area (Å²) < 4.78 is 15.2. The summed E-state index contributed by atoms with van der Waals surface area (Å²) in [5, 5.41) is 6.27. The van der Waals surface area contributed by atoms with Crippen molar-refractivity contribution < 1.29 is 9.18 Å². The molecule has 1 saturated heterocycles. The highest BCUT2D eigenvalue weighted by Crippen LogP contribution is 2.16. The molecule has 1 atom stereocenters. The molecule has 0 bridgehead atoms. The molecule has 0 radical (unpaired) electrons. The molecular formula is C17H23FN4O. The fourth-order valence-corrected chi connectivity index (χ4v) is 3.13. The van der Waals surface area contributed by atoms with E-state index in [1.807, 2.05) is 11.6 Å². The molecule has 1 aliphatic rings. The van der Waals surface area contributed by atoms with Crippen molar-refractivity contribution in [3.63, 3.8) is 0 Å². The van der Waals surface area contributed by atoms with Gasteiger partial charge in [0.25, 0.3) is 0 Å². The Morgan fingerprint density at radius 2 is 2.39 bits per heavy atom. The number of nitrogens with zero attached hydrogens (tertiary/aromatic N) is 2. The van der Waals surface area contributed by atoms with Gasteiger partial charge in [-0.25, -0.2) is 9.37 Å². The molecular weight excluding hydrogens is 295 g/mol. The monoisotopic (exact) mass is 318 g/mol. The number of aromatic nitrogens is 2. The molecule has 2 heterocycles. The van der Waals surface area contributed by atoms with Gasteiger partial charge in [0.05, 0.1) is 11.0 Å². The van der Waals surface area contributed by atoms with Crippen LogP contribution in [0.3, 0.4) is 0 Å². The number of carbonyl (C=O) groups excluding carboxylic acids is 1.